The molecule has 0 spiro atoms. The summed E-state index contributed by atoms with van der Waals surface area (Å²) in [5, 5.41) is 2.57. The van der Waals surface area contributed by atoms with Crippen LogP contribution in [0.3, 0.4) is 0 Å². The number of aryl methyl sites for hydroxylation is 1. The number of nitrogens with one attached hydrogen (secondary N) is 1. The van der Waals surface area contributed by atoms with Crippen LogP contribution in [0.2, 0.25) is 0 Å². The van der Waals surface area contributed by atoms with E-state index in [0.29, 0.717) is 31.1 Å². The first-order valence-electron chi connectivity index (χ1n) is 11.0. The van der Waals surface area contributed by atoms with Gasteiger partial charge in [0, 0.05) is 31.5 Å². The summed E-state index contributed by atoms with van der Waals surface area (Å²) in [6, 6.07) is 13.4. The summed E-state index contributed by atoms with van der Waals surface area (Å²) in [6.45, 7) is 3.11. The second-order valence-electron chi connectivity index (χ2n) is 8.42. The van der Waals surface area contributed by atoms with E-state index >= 15 is 0 Å². The first kappa shape index (κ1) is 23.5. The van der Waals surface area contributed by atoms with Crippen LogP contribution < -0.4 is 10.1 Å². The molecule has 2 amide bonds. The number of hydrogen-bond acceptors (Lipinski definition) is 4. The van der Waals surface area contributed by atoms with Gasteiger partial charge in [-0.1, -0.05) is 18.2 Å². The van der Waals surface area contributed by atoms with Gasteiger partial charge in [-0.15, -0.1) is 0 Å². The third kappa shape index (κ3) is 6.24. The number of piperidine rings is 1. The summed E-state index contributed by atoms with van der Waals surface area (Å²) in [4.78, 5) is 22.1. The Bertz CT molecular complexity index is 1110. The van der Waals surface area contributed by atoms with Crippen LogP contribution in [0.15, 0.2) is 60.9 Å². The molecule has 1 fully saturated rings. The van der Waals surface area contributed by atoms with Crippen LogP contribution in [0.25, 0.3) is 0 Å². The molecule has 0 bridgehead atoms. The number of carbonyl (C=O) groups excluding carboxylic acids is 1. The summed E-state index contributed by atoms with van der Waals surface area (Å²) in [5.74, 6) is 1.79. The quantitative estimate of drug-likeness (QED) is 0.491. The average Bonchev–Trinajstić information content (AvgIpc) is 2.81. The van der Waals surface area contributed by atoms with Crippen molar-refractivity contribution in [2.45, 2.75) is 32.4 Å². The topological polar surface area (TPSA) is 67.3 Å². The summed E-state index contributed by atoms with van der Waals surface area (Å²) in [5.41, 5.74) is 1.37. The van der Waals surface area contributed by atoms with Gasteiger partial charge in [-0.25, -0.2) is 14.8 Å². The van der Waals surface area contributed by atoms with Crippen LogP contribution in [0, 0.1) is 12.8 Å². The highest BCUT2D eigenvalue weighted by Gasteiger charge is 2.31. The maximum atomic E-state index is 12.7. The lowest BCUT2D eigenvalue weighted by Crippen LogP contribution is -2.41. The number of halogens is 3. The number of hydrogen-bond donors (Lipinski definition) is 1. The molecule has 1 aliphatic heterocycles. The molecule has 1 saturated heterocycles. The first-order valence-corrected chi connectivity index (χ1v) is 11.0. The fraction of sp³-hybridized carbons (Fsp3) is 0.320. The van der Waals surface area contributed by atoms with Crippen molar-refractivity contribution >= 4 is 11.8 Å². The Morgan fingerprint density at radius 2 is 1.88 bits per heavy atom. The molecule has 0 radical (unpaired) electrons. The number of ether oxygens (including phenoxy) is 1. The summed E-state index contributed by atoms with van der Waals surface area (Å²) in [6.07, 6.45) is 0.553. The molecule has 1 N–H and O–H groups in total. The molecule has 34 heavy (non-hydrogen) atoms. The molecule has 3 aromatic rings. The zero-order valence-corrected chi connectivity index (χ0v) is 18.7. The molecule has 0 aliphatic carbocycles. The number of carbonyl (C=O) groups is 1. The molecule has 6 nitrogen and oxygen atoms in total. The Labute approximate surface area is 195 Å². The zero-order valence-electron chi connectivity index (χ0n) is 18.7. The predicted molar refractivity (Wildman–Crippen MR) is 122 cm³/mol. The summed E-state index contributed by atoms with van der Waals surface area (Å²) >= 11 is 0. The molecule has 0 unspecified atom stereocenters. The molecule has 2 aromatic heterocycles. The number of amides is 2. The molecule has 178 valence electrons. The standard InChI is InChI=1S/C25H25F3N4O2/c1-17-5-8-23(30-15-17)34-21-4-2-3-19(14-21)13-18-9-11-32(12-10-18)24(33)31-22-7-6-20(16-29-22)25(26,27)28/h2-8,14-16,18H,9-13H2,1H3,(H,29,31,33). The molecule has 3 heterocycles. The predicted octanol–water partition coefficient (Wildman–Crippen LogP) is 6.08. The number of alkyl halides is 3. The lowest BCUT2D eigenvalue weighted by molar-refractivity contribution is -0.137. The van der Waals surface area contributed by atoms with E-state index in [2.05, 4.69) is 21.4 Å². The molecule has 1 aliphatic rings. The fourth-order valence-electron chi connectivity index (χ4n) is 3.87. The molecule has 4 rings (SSSR count). The van der Waals surface area contributed by atoms with E-state index in [-0.39, 0.29) is 11.8 Å². The van der Waals surface area contributed by atoms with E-state index < -0.39 is 11.7 Å². The van der Waals surface area contributed by atoms with Crippen LogP contribution in [0.4, 0.5) is 23.8 Å². The van der Waals surface area contributed by atoms with E-state index in [1.165, 1.54) is 0 Å². The van der Waals surface area contributed by atoms with Crippen molar-refractivity contribution in [3.8, 4) is 11.6 Å². The van der Waals surface area contributed by atoms with Gasteiger partial charge < -0.3 is 9.64 Å². The van der Waals surface area contributed by atoms with Crippen LogP contribution in [0.5, 0.6) is 11.6 Å². The van der Waals surface area contributed by atoms with Crippen molar-refractivity contribution in [3.63, 3.8) is 0 Å². The third-order valence-electron chi connectivity index (χ3n) is 5.76. The Morgan fingerprint density at radius 1 is 1.09 bits per heavy atom. The number of aromatic nitrogens is 2. The van der Waals surface area contributed by atoms with Crippen LogP contribution in [-0.2, 0) is 12.6 Å². The molecule has 0 saturated carbocycles. The van der Waals surface area contributed by atoms with Gasteiger partial charge in [-0.3, -0.25) is 5.32 Å². The van der Waals surface area contributed by atoms with Crippen molar-refractivity contribution in [2.24, 2.45) is 5.92 Å². The van der Waals surface area contributed by atoms with Gasteiger partial charge in [0.15, 0.2) is 0 Å². The minimum atomic E-state index is -4.46. The highest BCUT2D eigenvalue weighted by molar-refractivity contribution is 5.88. The molecule has 9 heteroatoms. The normalized spacial score (nSPS) is 14.6. The van der Waals surface area contributed by atoms with E-state index in [4.69, 9.17) is 4.74 Å². The second-order valence-corrected chi connectivity index (χ2v) is 8.42. The Kier molecular flexibility index (Phi) is 7.00. The van der Waals surface area contributed by atoms with E-state index in [9.17, 15) is 18.0 Å². The van der Waals surface area contributed by atoms with E-state index in [0.717, 1.165) is 48.3 Å². The highest BCUT2D eigenvalue weighted by Crippen LogP contribution is 2.29. The Morgan fingerprint density at radius 3 is 2.53 bits per heavy atom. The maximum Gasteiger partial charge on any atom is 0.417 e. The van der Waals surface area contributed by atoms with Gasteiger partial charge in [0.1, 0.15) is 11.6 Å². The minimum Gasteiger partial charge on any atom is -0.439 e. The number of urea groups is 1. The Balaban J connectivity index is 1.27. The largest absolute Gasteiger partial charge is 0.439 e. The number of anilines is 1. The van der Waals surface area contributed by atoms with Crippen LogP contribution >= 0.6 is 0 Å². The van der Waals surface area contributed by atoms with E-state index in [1.807, 2.05) is 37.3 Å². The van der Waals surface area contributed by atoms with Crippen LogP contribution in [0.1, 0.15) is 29.5 Å². The monoisotopic (exact) mass is 470 g/mol. The Hall–Kier alpha value is -3.62. The molecule has 1 aromatic carbocycles. The number of nitrogens with zero attached hydrogens (tertiary/aromatic N) is 3. The lowest BCUT2D eigenvalue weighted by atomic mass is 9.90. The average molecular weight is 470 g/mol. The van der Waals surface area contributed by atoms with Crippen molar-refractivity contribution in [2.75, 3.05) is 18.4 Å². The third-order valence-corrected chi connectivity index (χ3v) is 5.76. The number of pyridine rings is 2. The van der Waals surface area contributed by atoms with Crippen LogP contribution in [-0.4, -0.2) is 34.0 Å². The molecular formula is C25H25F3N4O2. The number of benzene rings is 1. The van der Waals surface area contributed by atoms with Crippen molar-refractivity contribution in [3.05, 3.63) is 77.6 Å². The van der Waals surface area contributed by atoms with Gasteiger partial charge in [0.2, 0.25) is 5.88 Å². The van der Waals surface area contributed by atoms with Gasteiger partial charge in [0.25, 0.3) is 0 Å². The smallest absolute Gasteiger partial charge is 0.417 e. The van der Waals surface area contributed by atoms with Gasteiger partial charge in [-0.05, 0) is 67.5 Å². The number of likely N-dealkylation sites (tertiary alicyclic amines) is 1. The number of rotatable bonds is 5. The van der Waals surface area contributed by atoms with Crippen molar-refractivity contribution in [1.82, 2.24) is 14.9 Å². The van der Waals surface area contributed by atoms with E-state index in [1.54, 1.807) is 11.1 Å². The van der Waals surface area contributed by atoms with Gasteiger partial charge in [-0.2, -0.15) is 13.2 Å². The highest BCUT2D eigenvalue weighted by atomic mass is 19.4. The SMILES string of the molecule is Cc1ccc(Oc2cccc(CC3CCN(C(=O)Nc4ccc(C(F)(F)F)cn4)CC3)c2)nc1. The second kappa shape index (κ2) is 10.1. The van der Waals surface area contributed by atoms with Crippen molar-refractivity contribution < 1.29 is 22.7 Å². The maximum absolute atomic E-state index is 12.7. The lowest BCUT2D eigenvalue weighted by Gasteiger charge is -2.32. The molecule has 0 atom stereocenters. The van der Waals surface area contributed by atoms with Gasteiger partial charge >= 0.3 is 12.2 Å². The van der Waals surface area contributed by atoms with Crippen molar-refractivity contribution in [1.29, 1.82) is 0 Å². The fourth-order valence-corrected chi connectivity index (χ4v) is 3.87. The summed E-state index contributed by atoms with van der Waals surface area (Å²) < 4.78 is 43.8. The minimum absolute atomic E-state index is 0.0972. The first-order chi connectivity index (χ1) is 16.3. The summed E-state index contributed by atoms with van der Waals surface area (Å²) in [7, 11) is 0. The zero-order chi connectivity index (χ0) is 24.1. The van der Waals surface area contributed by atoms with Gasteiger partial charge in [0.05, 0.1) is 5.56 Å². The molecular weight excluding hydrogens is 445 g/mol.